The summed E-state index contributed by atoms with van der Waals surface area (Å²) in [7, 11) is 2.85. The first-order chi connectivity index (χ1) is 11.0. The van der Waals surface area contributed by atoms with E-state index < -0.39 is 11.2 Å². The van der Waals surface area contributed by atoms with Crippen molar-refractivity contribution in [3.63, 3.8) is 0 Å². The molecule has 2 aromatic rings. The number of anilines is 1. The maximum atomic E-state index is 11.7. The number of phenolic OH excluding ortho intramolecular Hbond substituents is 1. The number of aromatic hydroxyl groups is 1. The van der Waals surface area contributed by atoms with Gasteiger partial charge < -0.3 is 9.84 Å². The van der Waals surface area contributed by atoms with E-state index in [2.05, 4.69) is 10.1 Å². The van der Waals surface area contributed by atoms with Crippen molar-refractivity contribution in [2.24, 2.45) is 12.1 Å². The molecule has 0 fully saturated rings. The molecule has 0 aliphatic carbocycles. The first kappa shape index (κ1) is 16.3. The molecule has 0 spiro atoms. The molecule has 1 heterocycles. The van der Waals surface area contributed by atoms with Crippen LogP contribution in [0.15, 0.2) is 39.0 Å². The number of hydrazone groups is 1. The van der Waals surface area contributed by atoms with E-state index in [1.165, 1.54) is 31.3 Å². The zero-order valence-electron chi connectivity index (χ0n) is 13.1. The highest BCUT2D eigenvalue weighted by Crippen LogP contribution is 2.25. The topological polar surface area (TPSA) is 99.9 Å². The lowest BCUT2D eigenvalue weighted by Gasteiger charge is -2.16. The van der Waals surface area contributed by atoms with Gasteiger partial charge in [0.2, 0.25) is 0 Å². The smallest absolute Gasteiger partial charge is 0.329 e. The number of nitrogens with one attached hydrogen (secondary N) is 1. The Bertz CT molecular complexity index is 807. The van der Waals surface area contributed by atoms with Crippen molar-refractivity contribution >= 4 is 12.0 Å². The summed E-state index contributed by atoms with van der Waals surface area (Å²) in [5.74, 6) is 0.675. The molecular formula is C15H18N4O4. The number of ether oxygens (including phenoxy) is 1. The van der Waals surface area contributed by atoms with Crippen LogP contribution in [0.2, 0.25) is 0 Å². The number of hydrogen-bond acceptors (Lipinski definition) is 6. The van der Waals surface area contributed by atoms with Gasteiger partial charge in [-0.1, -0.05) is 0 Å². The van der Waals surface area contributed by atoms with Crippen LogP contribution in [0.5, 0.6) is 11.5 Å². The number of nitrogens with zero attached hydrogens (tertiary/aromatic N) is 3. The van der Waals surface area contributed by atoms with E-state index >= 15 is 0 Å². The van der Waals surface area contributed by atoms with Gasteiger partial charge >= 0.3 is 5.69 Å². The Labute approximate surface area is 132 Å². The van der Waals surface area contributed by atoms with E-state index in [1.807, 2.05) is 6.92 Å². The molecule has 2 N–H and O–H groups in total. The molecule has 0 bridgehead atoms. The van der Waals surface area contributed by atoms with Crippen molar-refractivity contribution in [1.29, 1.82) is 0 Å². The van der Waals surface area contributed by atoms with Crippen LogP contribution >= 0.6 is 0 Å². The van der Waals surface area contributed by atoms with Crippen LogP contribution < -0.4 is 21.0 Å². The van der Waals surface area contributed by atoms with Crippen molar-refractivity contribution < 1.29 is 9.84 Å². The van der Waals surface area contributed by atoms with Gasteiger partial charge in [-0.2, -0.15) is 5.10 Å². The number of rotatable bonds is 5. The third kappa shape index (κ3) is 3.60. The monoisotopic (exact) mass is 318 g/mol. The third-order valence-electron chi connectivity index (χ3n) is 3.26. The van der Waals surface area contributed by atoms with Gasteiger partial charge in [-0.25, -0.2) is 9.80 Å². The molecule has 1 aromatic heterocycles. The summed E-state index contributed by atoms with van der Waals surface area (Å²) in [6.07, 6.45) is 1.54. The molecule has 0 aliphatic rings. The van der Waals surface area contributed by atoms with Crippen molar-refractivity contribution in [3.05, 3.63) is 50.7 Å². The Morgan fingerprint density at radius 1 is 1.39 bits per heavy atom. The van der Waals surface area contributed by atoms with Crippen LogP contribution in [0.1, 0.15) is 12.5 Å². The minimum Gasteiger partial charge on any atom is -0.504 e. The quantitative estimate of drug-likeness (QED) is 0.623. The fourth-order valence-electron chi connectivity index (χ4n) is 1.91. The highest BCUT2D eigenvalue weighted by Gasteiger charge is 2.07. The molecule has 8 nitrogen and oxygen atoms in total. The molecule has 23 heavy (non-hydrogen) atoms. The van der Waals surface area contributed by atoms with Gasteiger partial charge in [0.25, 0.3) is 5.56 Å². The largest absolute Gasteiger partial charge is 0.504 e. The summed E-state index contributed by atoms with van der Waals surface area (Å²) >= 11 is 0. The number of hydrogen-bond donors (Lipinski definition) is 2. The molecule has 8 heteroatoms. The van der Waals surface area contributed by atoms with Crippen LogP contribution in [0, 0.1) is 0 Å². The predicted molar refractivity (Wildman–Crippen MR) is 87.6 cm³/mol. The minimum absolute atomic E-state index is 0.0351. The second kappa shape index (κ2) is 6.82. The highest BCUT2D eigenvalue weighted by atomic mass is 16.5. The summed E-state index contributed by atoms with van der Waals surface area (Å²) in [5, 5.41) is 15.3. The summed E-state index contributed by atoms with van der Waals surface area (Å²) < 4.78 is 6.01. The zero-order valence-corrected chi connectivity index (χ0v) is 13.1. The van der Waals surface area contributed by atoms with Crippen LogP contribution in [0.3, 0.4) is 0 Å². The third-order valence-corrected chi connectivity index (χ3v) is 3.26. The van der Waals surface area contributed by atoms with Crippen LogP contribution in [-0.2, 0) is 7.05 Å². The summed E-state index contributed by atoms with van der Waals surface area (Å²) in [6, 6.07) is 6.09. The average molecular weight is 318 g/mol. The van der Waals surface area contributed by atoms with Gasteiger partial charge in [0.15, 0.2) is 11.5 Å². The fourth-order valence-corrected chi connectivity index (χ4v) is 1.91. The van der Waals surface area contributed by atoms with Gasteiger partial charge in [-0.3, -0.25) is 14.3 Å². The lowest BCUT2D eigenvalue weighted by Crippen LogP contribution is -2.34. The first-order valence-electron chi connectivity index (χ1n) is 6.95. The Morgan fingerprint density at radius 2 is 2.13 bits per heavy atom. The average Bonchev–Trinajstić information content (AvgIpc) is 2.54. The fraction of sp³-hybridized carbons (Fsp3) is 0.267. The van der Waals surface area contributed by atoms with Gasteiger partial charge in [0.05, 0.1) is 13.3 Å². The Balaban J connectivity index is 2.32. The Hall–Kier alpha value is -3.03. The lowest BCUT2D eigenvalue weighted by molar-refractivity contribution is 0.373. The van der Waals surface area contributed by atoms with E-state index in [0.29, 0.717) is 23.7 Å². The molecule has 0 unspecified atom stereocenters. The summed E-state index contributed by atoms with van der Waals surface area (Å²) in [4.78, 5) is 25.9. The number of aromatic nitrogens is 2. The highest BCUT2D eigenvalue weighted by molar-refractivity contribution is 5.81. The van der Waals surface area contributed by atoms with Crippen molar-refractivity contribution in [3.8, 4) is 11.5 Å². The normalized spacial score (nSPS) is 10.9. The predicted octanol–water partition coefficient (Wildman–Crippen LogP) is 0.648. The molecule has 0 saturated heterocycles. The number of phenols is 1. The Kier molecular flexibility index (Phi) is 4.85. The van der Waals surface area contributed by atoms with Crippen LogP contribution in [0.4, 0.5) is 5.82 Å². The van der Waals surface area contributed by atoms with Gasteiger partial charge in [-0.15, -0.1) is 0 Å². The standard InChI is InChI=1S/C15H18N4O4/c1-4-19(13-8-14(21)18(2)15(22)17-13)16-9-10-5-6-11(20)12(7-10)23-3/h5-9,20H,4H2,1-3H3,(H,17,22)/b16-9+. The van der Waals surface area contributed by atoms with Gasteiger partial charge in [0.1, 0.15) is 5.82 Å². The second-order valence-electron chi connectivity index (χ2n) is 4.75. The van der Waals surface area contributed by atoms with Crippen LogP contribution in [0.25, 0.3) is 0 Å². The van der Waals surface area contributed by atoms with Gasteiger partial charge in [0, 0.05) is 19.7 Å². The SMILES string of the molecule is CCN(/N=C/c1ccc(O)c(OC)c1)c1cc(=O)n(C)c(=O)[nH]1. The number of methoxy groups -OCH3 is 1. The first-order valence-corrected chi connectivity index (χ1v) is 6.95. The molecule has 2 rings (SSSR count). The minimum atomic E-state index is -0.507. The molecule has 122 valence electrons. The number of aromatic amines is 1. The lowest BCUT2D eigenvalue weighted by atomic mass is 10.2. The van der Waals surface area contributed by atoms with Crippen LogP contribution in [-0.4, -0.2) is 34.5 Å². The molecule has 0 radical (unpaired) electrons. The van der Waals surface area contributed by atoms with E-state index in [9.17, 15) is 14.7 Å². The Morgan fingerprint density at radius 3 is 2.74 bits per heavy atom. The molecule has 1 aromatic carbocycles. The van der Waals surface area contributed by atoms with Crippen molar-refractivity contribution in [2.45, 2.75) is 6.92 Å². The van der Waals surface area contributed by atoms with E-state index in [-0.39, 0.29) is 5.75 Å². The molecule has 0 atom stereocenters. The van der Waals surface area contributed by atoms with Gasteiger partial charge in [-0.05, 0) is 30.7 Å². The summed E-state index contributed by atoms with van der Waals surface area (Å²) in [6.45, 7) is 2.29. The zero-order chi connectivity index (χ0) is 17.0. The molecular weight excluding hydrogens is 300 g/mol. The maximum absolute atomic E-state index is 11.7. The van der Waals surface area contributed by atoms with Crippen molar-refractivity contribution in [1.82, 2.24) is 9.55 Å². The summed E-state index contributed by atoms with van der Waals surface area (Å²) in [5.41, 5.74) is -0.222. The van der Waals surface area contributed by atoms with Crippen molar-refractivity contribution in [2.75, 3.05) is 18.7 Å². The van der Waals surface area contributed by atoms with E-state index in [0.717, 1.165) is 4.57 Å². The van der Waals surface area contributed by atoms with E-state index in [4.69, 9.17) is 4.74 Å². The number of benzene rings is 1. The maximum Gasteiger partial charge on any atom is 0.329 e. The second-order valence-corrected chi connectivity index (χ2v) is 4.75. The number of H-pyrrole nitrogens is 1. The molecule has 0 saturated carbocycles. The van der Waals surface area contributed by atoms with E-state index in [1.54, 1.807) is 18.3 Å². The molecule has 0 amide bonds. The molecule has 0 aliphatic heterocycles.